The quantitative estimate of drug-likeness (QED) is 0.788. The van der Waals surface area contributed by atoms with Gasteiger partial charge < -0.3 is 5.32 Å². The lowest BCUT2D eigenvalue weighted by molar-refractivity contribution is 0.432. The van der Waals surface area contributed by atoms with E-state index in [0.29, 0.717) is 12.1 Å². The van der Waals surface area contributed by atoms with Crippen LogP contribution in [0.4, 0.5) is 0 Å². The van der Waals surface area contributed by atoms with Gasteiger partial charge in [0.05, 0.1) is 5.69 Å². The van der Waals surface area contributed by atoms with Crippen LogP contribution in [-0.2, 0) is 6.54 Å². The first-order valence-corrected chi connectivity index (χ1v) is 6.80. The summed E-state index contributed by atoms with van der Waals surface area (Å²) in [6.45, 7) is 12.0. The van der Waals surface area contributed by atoms with E-state index in [1.165, 1.54) is 6.42 Å². The lowest BCUT2D eigenvalue weighted by Crippen LogP contribution is -2.27. The van der Waals surface area contributed by atoms with Gasteiger partial charge in [-0.3, -0.25) is 4.68 Å². The van der Waals surface area contributed by atoms with Crippen molar-refractivity contribution in [1.82, 2.24) is 15.1 Å². The van der Waals surface area contributed by atoms with Crippen molar-refractivity contribution in [1.29, 1.82) is 0 Å². The van der Waals surface area contributed by atoms with Crippen LogP contribution in [0.2, 0.25) is 0 Å². The largest absolute Gasteiger partial charge is 0.309 e. The van der Waals surface area contributed by atoms with Crippen molar-refractivity contribution >= 4 is 0 Å². The Morgan fingerprint density at radius 3 is 2.59 bits per heavy atom. The Kier molecular flexibility index (Phi) is 5.69. The van der Waals surface area contributed by atoms with Crippen LogP contribution < -0.4 is 5.32 Å². The second-order valence-electron chi connectivity index (χ2n) is 5.46. The van der Waals surface area contributed by atoms with Crippen LogP contribution in [0.15, 0.2) is 12.3 Å². The van der Waals surface area contributed by atoms with E-state index in [-0.39, 0.29) is 0 Å². The lowest BCUT2D eigenvalue weighted by atomic mass is 10.1. The summed E-state index contributed by atoms with van der Waals surface area (Å²) in [7, 11) is 0. The number of aromatic nitrogens is 2. The van der Waals surface area contributed by atoms with Crippen molar-refractivity contribution in [2.45, 2.75) is 66.1 Å². The molecular formula is C14H27N3. The zero-order valence-electron chi connectivity index (χ0n) is 11.9. The van der Waals surface area contributed by atoms with Gasteiger partial charge in [-0.05, 0) is 38.7 Å². The molecule has 0 fully saturated rings. The van der Waals surface area contributed by atoms with Gasteiger partial charge >= 0.3 is 0 Å². The molecule has 1 heterocycles. The molecule has 0 spiro atoms. The third kappa shape index (κ3) is 4.90. The Morgan fingerprint density at radius 1 is 1.29 bits per heavy atom. The normalized spacial score (nSPS) is 15.2. The summed E-state index contributed by atoms with van der Waals surface area (Å²) in [6, 6.07) is 3.17. The highest BCUT2D eigenvalue weighted by Gasteiger charge is 2.07. The van der Waals surface area contributed by atoms with Crippen molar-refractivity contribution in [2.75, 3.05) is 0 Å². The first-order valence-electron chi connectivity index (χ1n) is 6.80. The average molecular weight is 237 g/mol. The molecule has 0 aliphatic carbocycles. The maximum absolute atomic E-state index is 4.59. The van der Waals surface area contributed by atoms with Crippen molar-refractivity contribution in [3.05, 3.63) is 18.0 Å². The number of hydrogen-bond donors (Lipinski definition) is 1. The fourth-order valence-corrected chi connectivity index (χ4v) is 1.97. The van der Waals surface area contributed by atoms with E-state index in [0.717, 1.165) is 24.6 Å². The molecule has 0 aliphatic heterocycles. The molecule has 0 radical (unpaired) electrons. The summed E-state index contributed by atoms with van der Waals surface area (Å²) in [4.78, 5) is 0. The minimum absolute atomic E-state index is 0.497. The van der Waals surface area contributed by atoms with E-state index in [9.17, 15) is 0 Å². The minimum atomic E-state index is 0.497. The highest BCUT2D eigenvalue weighted by molar-refractivity contribution is 4.99. The van der Waals surface area contributed by atoms with Crippen LogP contribution in [0, 0.1) is 5.92 Å². The summed E-state index contributed by atoms with van der Waals surface area (Å²) in [5, 5.41) is 8.11. The zero-order chi connectivity index (χ0) is 12.8. The lowest BCUT2D eigenvalue weighted by Gasteiger charge is -2.15. The number of nitrogens with zero attached hydrogens (tertiary/aromatic N) is 2. The van der Waals surface area contributed by atoms with Gasteiger partial charge in [0.1, 0.15) is 0 Å². The van der Waals surface area contributed by atoms with E-state index < -0.39 is 0 Å². The van der Waals surface area contributed by atoms with Gasteiger partial charge in [0.25, 0.3) is 0 Å². The van der Waals surface area contributed by atoms with E-state index in [1.54, 1.807) is 0 Å². The molecule has 3 heteroatoms. The molecule has 2 unspecified atom stereocenters. The Bertz CT molecular complexity index is 317. The Morgan fingerprint density at radius 2 is 2.00 bits per heavy atom. The average Bonchev–Trinajstić information content (AvgIpc) is 2.73. The molecule has 17 heavy (non-hydrogen) atoms. The van der Waals surface area contributed by atoms with Crippen LogP contribution in [-0.4, -0.2) is 15.8 Å². The molecule has 0 aliphatic rings. The molecule has 98 valence electrons. The molecule has 3 nitrogen and oxygen atoms in total. The summed E-state index contributed by atoms with van der Waals surface area (Å²) in [6.07, 6.45) is 4.42. The SMILES string of the molecule is CCC(C)n1ccc(CNC(C)CC(C)C)n1. The zero-order valence-corrected chi connectivity index (χ0v) is 11.9. The summed E-state index contributed by atoms with van der Waals surface area (Å²) in [5.74, 6) is 0.746. The topological polar surface area (TPSA) is 29.9 Å². The first kappa shape index (κ1) is 14.2. The minimum Gasteiger partial charge on any atom is -0.309 e. The van der Waals surface area contributed by atoms with Crippen LogP contribution >= 0.6 is 0 Å². The van der Waals surface area contributed by atoms with Crippen LogP contribution in [0.25, 0.3) is 0 Å². The molecule has 1 aromatic rings. The molecule has 1 aromatic heterocycles. The van der Waals surface area contributed by atoms with E-state index in [4.69, 9.17) is 0 Å². The molecule has 0 amide bonds. The van der Waals surface area contributed by atoms with Gasteiger partial charge in [0.2, 0.25) is 0 Å². The highest BCUT2D eigenvalue weighted by Crippen LogP contribution is 2.09. The van der Waals surface area contributed by atoms with Crippen molar-refractivity contribution < 1.29 is 0 Å². The Balaban J connectivity index is 2.39. The Labute approximate surface area is 106 Å². The molecule has 1 rings (SSSR count). The smallest absolute Gasteiger partial charge is 0.0762 e. The van der Waals surface area contributed by atoms with Gasteiger partial charge in [-0.25, -0.2) is 0 Å². The van der Waals surface area contributed by atoms with Gasteiger partial charge in [0, 0.05) is 24.8 Å². The standard InChI is InChI=1S/C14H27N3/c1-6-13(5)17-8-7-14(16-17)10-15-12(4)9-11(2)3/h7-8,11-13,15H,6,9-10H2,1-5H3. The molecule has 0 saturated heterocycles. The number of hydrogen-bond acceptors (Lipinski definition) is 2. The van der Waals surface area contributed by atoms with Crippen LogP contribution in [0.5, 0.6) is 0 Å². The molecule has 0 aromatic carbocycles. The summed E-state index contributed by atoms with van der Waals surface area (Å²) >= 11 is 0. The molecule has 1 N–H and O–H groups in total. The van der Waals surface area contributed by atoms with Crippen LogP contribution in [0.3, 0.4) is 0 Å². The monoisotopic (exact) mass is 237 g/mol. The second kappa shape index (κ2) is 6.80. The van der Waals surface area contributed by atoms with E-state index in [1.807, 2.05) is 0 Å². The highest BCUT2D eigenvalue weighted by atomic mass is 15.3. The maximum Gasteiger partial charge on any atom is 0.0762 e. The third-order valence-corrected chi connectivity index (χ3v) is 3.16. The molecular weight excluding hydrogens is 210 g/mol. The van der Waals surface area contributed by atoms with Crippen molar-refractivity contribution in [2.24, 2.45) is 5.92 Å². The maximum atomic E-state index is 4.59. The summed E-state index contributed by atoms with van der Waals surface area (Å²) in [5.41, 5.74) is 1.14. The summed E-state index contributed by atoms with van der Waals surface area (Å²) < 4.78 is 2.06. The molecule has 0 bridgehead atoms. The van der Waals surface area contributed by atoms with Crippen molar-refractivity contribution in [3.8, 4) is 0 Å². The first-order chi connectivity index (χ1) is 8.02. The third-order valence-electron chi connectivity index (χ3n) is 3.16. The van der Waals surface area contributed by atoms with Gasteiger partial charge in [-0.2, -0.15) is 5.10 Å². The fraction of sp³-hybridized carbons (Fsp3) is 0.786. The Hall–Kier alpha value is -0.830. The van der Waals surface area contributed by atoms with Gasteiger partial charge in [0.15, 0.2) is 0 Å². The molecule has 2 atom stereocenters. The van der Waals surface area contributed by atoms with Gasteiger partial charge in [-0.15, -0.1) is 0 Å². The van der Waals surface area contributed by atoms with E-state index >= 15 is 0 Å². The number of rotatable bonds is 7. The fourth-order valence-electron chi connectivity index (χ4n) is 1.97. The van der Waals surface area contributed by atoms with Crippen molar-refractivity contribution in [3.63, 3.8) is 0 Å². The number of nitrogens with one attached hydrogen (secondary N) is 1. The van der Waals surface area contributed by atoms with Gasteiger partial charge in [-0.1, -0.05) is 20.8 Å². The predicted molar refractivity (Wildman–Crippen MR) is 73.0 cm³/mol. The van der Waals surface area contributed by atoms with Crippen LogP contribution in [0.1, 0.15) is 59.2 Å². The predicted octanol–water partition coefficient (Wildman–Crippen LogP) is 3.38. The van der Waals surface area contributed by atoms with E-state index in [2.05, 4.69) is 62.0 Å². The molecule has 0 saturated carbocycles. The second-order valence-corrected chi connectivity index (χ2v) is 5.46.